The molecule has 0 aliphatic carbocycles. The third kappa shape index (κ3) is 5.02. The van der Waals surface area contributed by atoms with E-state index >= 15 is 0 Å². The SMILES string of the molecule is C[C@@H](NC(=O)NCCc1ccc(F)cc1)c1ccc(F)c(F)c1. The summed E-state index contributed by atoms with van der Waals surface area (Å²) >= 11 is 0. The second-order valence-corrected chi connectivity index (χ2v) is 5.17. The van der Waals surface area contributed by atoms with Crippen molar-refractivity contribution in [2.75, 3.05) is 6.54 Å². The molecule has 6 heteroatoms. The highest BCUT2D eigenvalue weighted by atomic mass is 19.2. The molecule has 0 heterocycles. The highest BCUT2D eigenvalue weighted by Gasteiger charge is 2.11. The molecular weight excluding hydrogens is 305 g/mol. The Hall–Kier alpha value is -2.50. The number of benzene rings is 2. The fourth-order valence-corrected chi connectivity index (χ4v) is 2.08. The third-order valence-corrected chi connectivity index (χ3v) is 3.40. The molecule has 2 aromatic rings. The average molecular weight is 322 g/mol. The largest absolute Gasteiger partial charge is 0.338 e. The molecule has 0 aliphatic rings. The Kier molecular flexibility index (Phi) is 5.62. The monoisotopic (exact) mass is 322 g/mol. The molecule has 0 saturated heterocycles. The summed E-state index contributed by atoms with van der Waals surface area (Å²) < 4.78 is 38.8. The van der Waals surface area contributed by atoms with Gasteiger partial charge in [-0.3, -0.25) is 0 Å². The van der Waals surface area contributed by atoms with Crippen LogP contribution in [-0.4, -0.2) is 12.6 Å². The van der Waals surface area contributed by atoms with E-state index < -0.39 is 23.7 Å². The zero-order valence-corrected chi connectivity index (χ0v) is 12.6. The van der Waals surface area contributed by atoms with Gasteiger partial charge in [-0.25, -0.2) is 18.0 Å². The molecule has 2 aromatic carbocycles. The number of carbonyl (C=O) groups is 1. The van der Waals surface area contributed by atoms with Gasteiger partial charge in [0.15, 0.2) is 11.6 Å². The van der Waals surface area contributed by atoms with Crippen LogP contribution in [0.2, 0.25) is 0 Å². The molecule has 0 unspecified atom stereocenters. The number of urea groups is 1. The molecule has 0 radical (unpaired) electrons. The molecular formula is C17H17F3N2O. The van der Waals surface area contributed by atoms with Crippen LogP contribution in [0.25, 0.3) is 0 Å². The first-order chi connectivity index (χ1) is 11.0. The van der Waals surface area contributed by atoms with Crippen molar-refractivity contribution in [1.29, 1.82) is 0 Å². The van der Waals surface area contributed by atoms with Gasteiger partial charge in [0, 0.05) is 6.54 Å². The van der Waals surface area contributed by atoms with Crippen LogP contribution in [0.5, 0.6) is 0 Å². The molecule has 3 nitrogen and oxygen atoms in total. The van der Waals surface area contributed by atoms with Gasteiger partial charge in [-0.05, 0) is 48.7 Å². The van der Waals surface area contributed by atoms with E-state index in [0.29, 0.717) is 18.5 Å². The van der Waals surface area contributed by atoms with Gasteiger partial charge in [0.2, 0.25) is 0 Å². The van der Waals surface area contributed by atoms with Crippen molar-refractivity contribution in [3.8, 4) is 0 Å². The topological polar surface area (TPSA) is 41.1 Å². The van der Waals surface area contributed by atoms with Crippen LogP contribution in [0.15, 0.2) is 42.5 Å². The first kappa shape index (κ1) is 16.9. The van der Waals surface area contributed by atoms with Crippen molar-refractivity contribution < 1.29 is 18.0 Å². The molecule has 0 aromatic heterocycles. The molecule has 2 N–H and O–H groups in total. The van der Waals surface area contributed by atoms with Crippen LogP contribution in [0.3, 0.4) is 0 Å². The zero-order valence-electron chi connectivity index (χ0n) is 12.6. The molecule has 0 fully saturated rings. The van der Waals surface area contributed by atoms with Crippen LogP contribution in [-0.2, 0) is 6.42 Å². The minimum atomic E-state index is -0.951. The summed E-state index contributed by atoms with van der Waals surface area (Å²) in [5.41, 5.74) is 1.37. The third-order valence-electron chi connectivity index (χ3n) is 3.40. The van der Waals surface area contributed by atoms with Crippen LogP contribution < -0.4 is 10.6 Å². The van der Waals surface area contributed by atoms with E-state index in [0.717, 1.165) is 17.7 Å². The van der Waals surface area contributed by atoms with Crippen molar-refractivity contribution in [2.45, 2.75) is 19.4 Å². The van der Waals surface area contributed by atoms with Crippen molar-refractivity contribution in [1.82, 2.24) is 10.6 Å². The van der Waals surface area contributed by atoms with Crippen LogP contribution in [0, 0.1) is 17.5 Å². The number of hydrogen-bond acceptors (Lipinski definition) is 1. The number of carbonyl (C=O) groups excluding carboxylic acids is 1. The van der Waals surface area contributed by atoms with E-state index in [9.17, 15) is 18.0 Å². The maximum absolute atomic E-state index is 13.2. The number of nitrogens with one attached hydrogen (secondary N) is 2. The minimum Gasteiger partial charge on any atom is -0.338 e. The van der Waals surface area contributed by atoms with E-state index in [1.54, 1.807) is 19.1 Å². The van der Waals surface area contributed by atoms with Crippen molar-refractivity contribution in [2.24, 2.45) is 0 Å². The van der Waals surface area contributed by atoms with Gasteiger partial charge in [-0.2, -0.15) is 0 Å². The Morgan fingerprint density at radius 3 is 2.39 bits per heavy atom. The molecule has 2 rings (SSSR count). The molecule has 0 spiro atoms. The summed E-state index contributed by atoms with van der Waals surface area (Å²) in [6.07, 6.45) is 0.563. The maximum Gasteiger partial charge on any atom is 0.315 e. The molecule has 2 amide bonds. The smallest absolute Gasteiger partial charge is 0.315 e. The molecule has 1 atom stereocenters. The second-order valence-electron chi connectivity index (χ2n) is 5.17. The summed E-state index contributed by atoms with van der Waals surface area (Å²) in [4.78, 5) is 11.8. The van der Waals surface area contributed by atoms with Gasteiger partial charge in [0.25, 0.3) is 0 Å². The maximum atomic E-state index is 13.2. The summed E-state index contributed by atoms with van der Waals surface area (Å²) in [6.45, 7) is 2.05. The van der Waals surface area contributed by atoms with E-state index in [4.69, 9.17) is 0 Å². The normalized spacial score (nSPS) is 11.8. The average Bonchev–Trinajstić information content (AvgIpc) is 2.52. The first-order valence-electron chi connectivity index (χ1n) is 7.19. The number of halogens is 3. The van der Waals surface area contributed by atoms with Gasteiger partial charge in [0.05, 0.1) is 6.04 Å². The van der Waals surface area contributed by atoms with Gasteiger partial charge in [-0.1, -0.05) is 18.2 Å². The molecule has 122 valence electrons. The highest BCUT2D eigenvalue weighted by Crippen LogP contribution is 2.15. The van der Waals surface area contributed by atoms with Crippen molar-refractivity contribution in [3.05, 3.63) is 71.0 Å². The summed E-state index contributed by atoms with van der Waals surface area (Å²) in [5.74, 6) is -2.18. The molecule has 0 saturated carbocycles. The van der Waals surface area contributed by atoms with Crippen molar-refractivity contribution in [3.63, 3.8) is 0 Å². The Labute approximate surface area is 132 Å². The number of hydrogen-bond donors (Lipinski definition) is 2. The lowest BCUT2D eigenvalue weighted by atomic mass is 10.1. The Balaban J connectivity index is 1.79. The lowest BCUT2D eigenvalue weighted by molar-refractivity contribution is 0.238. The molecule has 23 heavy (non-hydrogen) atoms. The fourth-order valence-electron chi connectivity index (χ4n) is 2.08. The Morgan fingerprint density at radius 1 is 1.04 bits per heavy atom. The van der Waals surface area contributed by atoms with Gasteiger partial charge in [0.1, 0.15) is 5.82 Å². The van der Waals surface area contributed by atoms with Gasteiger partial charge < -0.3 is 10.6 Å². The molecule has 0 aliphatic heterocycles. The number of rotatable bonds is 5. The van der Waals surface area contributed by atoms with Gasteiger partial charge >= 0.3 is 6.03 Å². The summed E-state index contributed by atoms with van der Waals surface area (Å²) in [5, 5.41) is 5.30. The second kappa shape index (κ2) is 7.67. The zero-order chi connectivity index (χ0) is 16.8. The van der Waals surface area contributed by atoms with Crippen molar-refractivity contribution >= 4 is 6.03 Å². The minimum absolute atomic E-state index is 0.306. The van der Waals surface area contributed by atoms with E-state index in [1.807, 2.05) is 0 Å². The highest BCUT2D eigenvalue weighted by molar-refractivity contribution is 5.74. The fraction of sp³-hybridized carbons (Fsp3) is 0.235. The van der Waals surface area contributed by atoms with E-state index in [-0.39, 0.29) is 5.82 Å². The lowest BCUT2D eigenvalue weighted by Crippen LogP contribution is -2.38. The lowest BCUT2D eigenvalue weighted by Gasteiger charge is -2.15. The quantitative estimate of drug-likeness (QED) is 0.866. The van der Waals surface area contributed by atoms with E-state index in [2.05, 4.69) is 10.6 Å². The van der Waals surface area contributed by atoms with Crippen LogP contribution in [0.1, 0.15) is 24.1 Å². The predicted molar refractivity (Wildman–Crippen MR) is 81.4 cm³/mol. The van der Waals surface area contributed by atoms with Gasteiger partial charge in [-0.15, -0.1) is 0 Å². The van der Waals surface area contributed by atoms with Crippen LogP contribution in [0.4, 0.5) is 18.0 Å². The predicted octanol–water partition coefficient (Wildman–Crippen LogP) is 3.71. The van der Waals surface area contributed by atoms with Crippen LogP contribution >= 0.6 is 0 Å². The summed E-state index contributed by atoms with van der Waals surface area (Å²) in [7, 11) is 0. The Bertz CT molecular complexity index is 674. The standard InChI is InChI=1S/C17H17F3N2O/c1-11(13-4-7-15(19)16(20)10-13)22-17(23)21-9-8-12-2-5-14(18)6-3-12/h2-7,10-11H,8-9H2,1H3,(H2,21,22,23)/t11-/m1/s1. The Morgan fingerprint density at radius 2 is 1.74 bits per heavy atom. The van der Waals surface area contributed by atoms with E-state index in [1.165, 1.54) is 18.2 Å². The summed E-state index contributed by atoms with van der Waals surface area (Å²) in [6, 6.07) is 8.65. The number of amides is 2. The first-order valence-corrected chi connectivity index (χ1v) is 7.19. The molecule has 0 bridgehead atoms.